The summed E-state index contributed by atoms with van der Waals surface area (Å²) in [4.78, 5) is 0. The molecule has 0 saturated heterocycles. The number of rotatable bonds is 3. The molecule has 0 heterocycles. The lowest BCUT2D eigenvalue weighted by molar-refractivity contribution is 0.338. The Labute approximate surface area is 145 Å². The third kappa shape index (κ3) is 3.01. The van der Waals surface area contributed by atoms with Gasteiger partial charge in [-0.3, -0.25) is 0 Å². The van der Waals surface area contributed by atoms with Crippen molar-refractivity contribution in [1.82, 2.24) is 0 Å². The molecule has 0 amide bonds. The molecular weight excluding hydrogens is 288 g/mol. The van der Waals surface area contributed by atoms with Crippen LogP contribution in [0.2, 0.25) is 0 Å². The fourth-order valence-electron chi connectivity index (χ4n) is 4.49. The maximum atomic E-state index is 2.32. The summed E-state index contributed by atoms with van der Waals surface area (Å²) in [6, 6.07) is 33.4. The highest BCUT2D eigenvalue weighted by Crippen LogP contribution is 2.51. The Kier molecular flexibility index (Phi) is 4.46. The van der Waals surface area contributed by atoms with Gasteiger partial charge in [-0.25, -0.2) is 0 Å². The Bertz CT molecular complexity index is 698. The summed E-state index contributed by atoms with van der Waals surface area (Å²) >= 11 is 0. The highest BCUT2D eigenvalue weighted by atomic mass is 14.4. The van der Waals surface area contributed by atoms with Gasteiger partial charge in [0.15, 0.2) is 0 Å². The Morgan fingerprint density at radius 2 is 0.833 bits per heavy atom. The molecule has 0 aromatic heterocycles. The predicted octanol–water partition coefficient (Wildman–Crippen LogP) is 6.52. The molecule has 1 aliphatic carbocycles. The minimum absolute atomic E-state index is 0.560. The zero-order valence-electron chi connectivity index (χ0n) is 14.0. The van der Waals surface area contributed by atoms with E-state index < -0.39 is 0 Å². The molecule has 1 fully saturated rings. The lowest BCUT2D eigenvalue weighted by atomic mass is 9.64. The molecule has 120 valence electrons. The fourth-order valence-corrected chi connectivity index (χ4v) is 4.49. The van der Waals surface area contributed by atoms with Gasteiger partial charge in [0.2, 0.25) is 0 Å². The van der Waals surface area contributed by atoms with Crippen LogP contribution in [-0.4, -0.2) is 0 Å². The van der Waals surface area contributed by atoms with Crippen molar-refractivity contribution in [2.24, 2.45) is 0 Å². The monoisotopic (exact) mass is 312 g/mol. The molecule has 1 saturated carbocycles. The van der Waals surface area contributed by atoms with E-state index in [1.54, 1.807) is 0 Å². The van der Waals surface area contributed by atoms with Crippen molar-refractivity contribution < 1.29 is 0 Å². The third-order valence-electron chi connectivity index (χ3n) is 5.54. The molecule has 0 heteroatoms. The quantitative estimate of drug-likeness (QED) is 0.516. The van der Waals surface area contributed by atoms with E-state index in [2.05, 4.69) is 91.0 Å². The van der Waals surface area contributed by atoms with Gasteiger partial charge in [-0.2, -0.15) is 0 Å². The second kappa shape index (κ2) is 7.05. The van der Waals surface area contributed by atoms with E-state index in [9.17, 15) is 0 Å². The molecule has 0 nitrogen and oxygen atoms in total. The lowest BCUT2D eigenvalue weighted by Gasteiger charge is -2.39. The van der Waals surface area contributed by atoms with Gasteiger partial charge in [-0.15, -0.1) is 0 Å². The normalized spacial score (nSPS) is 23.8. The SMILES string of the molecule is c1ccc(C2CCCC(c3ccccc3)C2c2ccccc2)cc1. The molecule has 0 N–H and O–H groups in total. The summed E-state index contributed by atoms with van der Waals surface area (Å²) in [6.07, 6.45) is 3.88. The summed E-state index contributed by atoms with van der Waals surface area (Å²) in [5, 5.41) is 0. The van der Waals surface area contributed by atoms with E-state index in [0.29, 0.717) is 17.8 Å². The van der Waals surface area contributed by atoms with Crippen molar-refractivity contribution in [3.05, 3.63) is 108 Å². The topological polar surface area (TPSA) is 0 Å². The summed E-state index contributed by atoms with van der Waals surface area (Å²) in [7, 11) is 0. The Balaban J connectivity index is 1.79. The van der Waals surface area contributed by atoms with Gasteiger partial charge in [0.25, 0.3) is 0 Å². The molecule has 3 aromatic rings. The Hall–Kier alpha value is -2.34. The number of hydrogen-bond donors (Lipinski definition) is 0. The third-order valence-corrected chi connectivity index (χ3v) is 5.54. The largest absolute Gasteiger partial charge is 0.0622 e. The first kappa shape index (κ1) is 15.2. The van der Waals surface area contributed by atoms with Crippen molar-refractivity contribution in [1.29, 1.82) is 0 Å². The van der Waals surface area contributed by atoms with Crippen molar-refractivity contribution in [3.8, 4) is 0 Å². The standard InChI is InChI=1S/C24H24/c1-4-11-19(12-5-1)22-17-10-18-23(20-13-6-2-7-14-20)24(22)21-15-8-3-9-16-21/h1-9,11-16,22-24H,10,17-18H2. The maximum Gasteiger partial charge on any atom is -0.00243 e. The summed E-state index contributed by atoms with van der Waals surface area (Å²) in [5.41, 5.74) is 4.47. The average Bonchev–Trinajstić information content (AvgIpc) is 2.69. The molecular formula is C24H24. The molecule has 1 aliphatic rings. The van der Waals surface area contributed by atoms with Crippen molar-refractivity contribution in [2.75, 3.05) is 0 Å². The first-order chi connectivity index (χ1) is 11.9. The van der Waals surface area contributed by atoms with E-state index >= 15 is 0 Å². The minimum atomic E-state index is 0.560. The van der Waals surface area contributed by atoms with Crippen molar-refractivity contribution >= 4 is 0 Å². The maximum absolute atomic E-state index is 2.32. The Morgan fingerprint density at radius 3 is 1.25 bits per heavy atom. The van der Waals surface area contributed by atoms with E-state index in [1.807, 2.05) is 0 Å². The lowest BCUT2D eigenvalue weighted by Crippen LogP contribution is -2.24. The summed E-state index contributed by atoms with van der Waals surface area (Å²) in [6.45, 7) is 0. The van der Waals surface area contributed by atoms with Crippen LogP contribution < -0.4 is 0 Å². The first-order valence-corrected chi connectivity index (χ1v) is 9.08. The molecule has 2 unspecified atom stereocenters. The van der Waals surface area contributed by atoms with Crippen LogP contribution in [0.25, 0.3) is 0 Å². The van der Waals surface area contributed by atoms with Crippen LogP contribution in [-0.2, 0) is 0 Å². The molecule has 4 rings (SSSR count). The van der Waals surface area contributed by atoms with Crippen LogP contribution in [0, 0.1) is 0 Å². The van der Waals surface area contributed by atoms with Crippen LogP contribution in [0.1, 0.15) is 53.7 Å². The van der Waals surface area contributed by atoms with E-state index in [1.165, 1.54) is 36.0 Å². The molecule has 0 bridgehead atoms. The molecule has 24 heavy (non-hydrogen) atoms. The van der Waals surface area contributed by atoms with Gasteiger partial charge in [-0.05, 0) is 47.3 Å². The summed E-state index contributed by atoms with van der Waals surface area (Å²) < 4.78 is 0. The van der Waals surface area contributed by atoms with Crippen molar-refractivity contribution in [2.45, 2.75) is 37.0 Å². The van der Waals surface area contributed by atoms with Crippen LogP contribution in [0.15, 0.2) is 91.0 Å². The molecule has 3 aromatic carbocycles. The van der Waals surface area contributed by atoms with Gasteiger partial charge in [-0.1, -0.05) is 97.4 Å². The second-order valence-corrected chi connectivity index (χ2v) is 6.90. The van der Waals surface area contributed by atoms with Crippen molar-refractivity contribution in [3.63, 3.8) is 0 Å². The van der Waals surface area contributed by atoms with Gasteiger partial charge in [0.1, 0.15) is 0 Å². The zero-order chi connectivity index (χ0) is 16.2. The zero-order valence-corrected chi connectivity index (χ0v) is 14.0. The smallest absolute Gasteiger partial charge is 0.00243 e. The average molecular weight is 312 g/mol. The van der Waals surface area contributed by atoms with Gasteiger partial charge < -0.3 is 0 Å². The van der Waals surface area contributed by atoms with Crippen LogP contribution >= 0.6 is 0 Å². The molecule has 0 radical (unpaired) electrons. The van der Waals surface area contributed by atoms with Gasteiger partial charge in [0, 0.05) is 0 Å². The van der Waals surface area contributed by atoms with E-state index in [0.717, 1.165) is 0 Å². The molecule has 0 aliphatic heterocycles. The highest BCUT2D eigenvalue weighted by molar-refractivity contribution is 5.35. The van der Waals surface area contributed by atoms with E-state index in [4.69, 9.17) is 0 Å². The van der Waals surface area contributed by atoms with Gasteiger partial charge in [0.05, 0.1) is 0 Å². The number of benzene rings is 3. The molecule has 0 spiro atoms. The Morgan fingerprint density at radius 1 is 0.458 bits per heavy atom. The van der Waals surface area contributed by atoms with Gasteiger partial charge >= 0.3 is 0 Å². The number of hydrogen-bond acceptors (Lipinski definition) is 0. The second-order valence-electron chi connectivity index (χ2n) is 6.90. The predicted molar refractivity (Wildman–Crippen MR) is 101 cm³/mol. The fraction of sp³-hybridized carbons (Fsp3) is 0.250. The van der Waals surface area contributed by atoms with Crippen LogP contribution in [0.4, 0.5) is 0 Å². The van der Waals surface area contributed by atoms with Crippen LogP contribution in [0.5, 0.6) is 0 Å². The van der Waals surface area contributed by atoms with Crippen LogP contribution in [0.3, 0.4) is 0 Å². The minimum Gasteiger partial charge on any atom is -0.0622 e. The van der Waals surface area contributed by atoms with E-state index in [-0.39, 0.29) is 0 Å². The summed E-state index contributed by atoms with van der Waals surface area (Å²) in [5.74, 6) is 1.77. The highest BCUT2D eigenvalue weighted by Gasteiger charge is 2.35. The first-order valence-electron chi connectivity index (χ1n) is 9.08. The molecule has 2 atom stereocenters.